The summed E-state index contributed by atoms with van der Waals surface area (Å²) in [6.07, 6.45) is 0.844. The van der Waals surface area contributed by atoms with Crippen LogP contribution in [-0.4, -0.2) is 16.5 Å². The zero-order chi connectivity index (χ0) is 14.7. The summed E-state index contributed by atoms with van der Waals surface area (Å²) in [5, 5.41) is 3.34. The summed E-state index contributed by atoms with van der Waals surface area (Å²) in [4.78, 5) is 9.31. The molecule has 3 nitrogen and oxygen atoms in total. The molecule has 0 aliphatic carbocycles. The van der Waals surface area contributed by atoms with Crippen LogP contribution in [0.1, 0.15) is 36.4 Å². The molecule has 1 aromatic heterocycles. The maximum absolute atomic E-state index is 4.72. The minimum atomic E-state index is 0.844. The molecule has 2 rings (SSSR count). The number of nitrogens with one attached hydrogen (secondary N) is 1. The molecule has 0 saturated heterocycles. The summed E-state index contributed by atoms with van der Waals surface area (Å²) >= 11 is 0. The Kier molecular flexibility index (Phi) is 4.38. The van der Waals surface area contributed by atoms with Crippen LogP contribution in [0.5, 0.6) is 0 Å². The molecule has 106 valence electrons. The Morgan fingerprint density at radius 2 is 1.75 bits per heavy atom. The molecule has 0 unspecified atom stereocenters. The van der Waals surface area contributed by atoms with Crippen LogP contribution < -0.4 is 5.32 Å². The summed E-state index contributed by atoms with van der Waals surface area (Å²) in [5.41, 5.74) is 5.93. The predicted octanol–water partition coefficient (Wildman–Crippen LogP) is 4.06. The van der Waals surface area contributed by atoms with Crippen molar-refractivity contribution >= 4 is 5.82 Å². The van der Waals surface area contributed by atoms with Gasteiger partial charge in [0.1, 0.15) is 11.6 Å². The lowest BCUT2D eigenvalue weighted by Crippen LogP contribution is -2.07. The lowest BCUT2D eigenvalue weighted by Gasteiger charge is -2.14. The fourth-order valence-electron chi connectivity index (χ4n) is 2.23. The van der Waals surface area contributed by atoms with Gasteiger partial charge in [0.25, 0.3) is 0 Å². The molecule has 1 heterocycles. The van der Waals surface area contributed by atoms with Gasteiger partial charge in [-0.2, -0.15) is 0 Å². The van der Waals surface area contributed by atoms with Crippen molar-refractivity contribution in [1.29, 1.82) is 0 Å². The second-order valence-electron chi connectivity index (χ2n) is 5.14. The van der Waals surface area contributed by atoms with E-state index in [1.54, 1.807) is 0 Å². The van der Waals surface area contributed by atoms with Crippen LogP contribution >= 0.6 is 0 Å². The van der Waals surface area contributed by atoms with Crippen molar-refractivity contribution < 1.29 is 0 Å². The van der Waals surface area contributed by atoms with Crippen molar-refractivity contribution in [1.82, 2.24) is 9.97 Å². The van der Waals surface area contributed by atoms with E-state index in [2.05, 4.69) is 63.1 Å². The largest absolute Gasteiger partial charge is 0.370 e. The molecule has 1 N–H and O–H groups in total. The number of aryl methyl sites for hydroxylation is 3. The Morgan fingerprint density at radius 3 is 2.35 bits per heavy atom. The monoisotopic (exact) mass is 269 g/mol. The minimum Gasteiger partial charge on any atom is -0.370 e. The van der Waals surface area contributed by atoms with Crippen LogP contribution in [0.2, 0.25) is 0 Å². The Bertz CT molecular complexity index is 618. The third-order valence-electron chi connectivity index (χ3n) is 3.63. The highest BCUT2D eigenvalue weighted by molar-refractivity contribution is 5.69. The van der Waals surface area contributed by atoms with Gasteiger partial charge in [-0.05, 0) is 44.9 Å². The molecular weight excluding hydrogens is 246 g/mol. The second kappa shape index (κ2) is 6.04. The van der Waals surface area contributed by atoms with E-state index in [1.807, 2.05) is 0 Å². The van der Waals surface area contributed by atoms with Gasteiger partial charge in [-0.15, -0.1) is 0 Å². The minimum absolute atomic E-state index is 0.844. The quantitative estimate of drug-likeness (QED) is 0.909. The molecular formula is C17H23N3. The van der Waals surface area contributed by atoms with Crippen LogP contribution in [0.3, 0.4) is 0 Å². The molecule has 0 fully saturated rings. The zero-order valence-electron chi connectivity index (χ0n) is 13.0. The fraction of sp³-hybridized carbons (Fsp3) is 0.412. The van der Waals surface area contributed by atoms with Crippen LogP contribution in [0.15, 0.2) is 18.2 Å². The van der Waals surface area contributed by atoms with E-state index in [4.69, 9.17) is 4.98 Å². The van der Waals surface area contributed by atoms with Gasteiger partial charge in [0.2, 0.25) is 0 Å². The molecule has 0 atom stereocenters. The highest BCUT2D eigenvalue weighted by Gasteiger charge is 2.12. The third-order valence-corrected chi connectivity index (χ3v) is 3.63. The second-order valence-corrected chi connectivity index (χ2v) is 5.14. The lowest BCUT2D eigenvalue weighted by atomic mass is 10.0. The maximum Gasteiger partial charge on any atom is 0.133 e. The van der Waals surface area contributed by atoms with Gasteiger partial charge < -0.3 is 5.32 Å². The molecule has 2 aromatic rings. The molecule has 3 heteroatoms. The van der Waals surface area contributed by atoms with Crippen molar-refractivity contribution in [2.24, 2.45) is 0 Å². The molecule has 0 aliphatic rings. The average Bonchev–Trinajstić information content (AvgIpc) is 2.44. The summed E-state index contributed by atoms with van der Waals surface area (Å²) in [7, 11) is 0. The van der Waals surface area contributed by atoms with Gasteiger partial charge in [0.15, 0.2) is 0 Å². The smallest absolute Gasteiger partial charge is 0.133 e. The normalized spacial score (nSPS) is 10.7. The van der Waals surface area contributed by atoms with Gasteiger partial charge >= 0.3 is 0 Å². The van der Waals surface area contributed by atoms with Crippen molar-refractivity contribution in [3.05, 3.63) is 40.7 Å². The fourth-order valence-corrected chi connectivity index (χ4v) is 2.23. The Hall–Kier alpha value is -1.90. The number of rotatable bonds is 4. The van der Waals surface area contributed by atoms with Crippen LogP contribution in [0, 0.1) is 20.8 Å². The van der Waals surface area contributed by atoms with Crippen molar-refractivity contribution in [2.75, 3.05) is 11.9 Å². The highest BCUT2D eigenvalue weighted by atomic mass is 15.0. The Morgan fingerprint density at radius 1 is 1.00 bits per heavy atom. The van der Waals surface area contributed by atoms with Gasteiger partial charge in [-0.3, -0.25) is 0 Å². The van der Waals surface area contributed by atoms with E-state index in [1.165, 1.54) is 16.7 Å². The van der Waals surface area contributed by atoms with E-state index in [9.17, 15) is 0 Å². The van der Waals surface area contributed by atoms with Crippen molar-refractivity contribution in [3.8, 4) is 11.3 Å². The first kappa shape index (κ1) is 14.5. The van der Waals surface area contributed by atoms with Crippen molar-refractivity contribution in [3.63, 3.8) is 0 Å². The molecule has 20 heavy (non-hydrogen) atoms. The first-order valence-electron chi connectivity index (χ1n) is 7.25. The average molecular weight is 269 g/mol. The van der Waals surface area contributed by atoms with Gasteiger partial charge in [0.05, 0.1) is 5.69 Å². The number of anilines is 1. The van der Waals surface area contributed by atoms with E-state index >= 15 is 0 Å². The summed E-state index contributed by atoms with van der Waals surface area (Å²) in [6, 6.07) is 6.51. The van der Waals surface area contributed by atoms with E-state index < -0.39 is 0 Å². The van der Waals surface area contributed by atoms with E-state index in [-0.39, 0.29) is 0 Å². The van der Waals surface area contributed by atoms with Gasteiger partial charge in [0, 0.05) is 24.1 Å². The molecule has 1 aromatic carbocycles. The summed E-state index contributed by atoms with van der Waals surface area (Å²) in [5.74, 6) is 1.84. The molecule has 0 radical (unpaired) electrons. The van der Waals surface area contributed by atoms with Crippen molar-refractivity contribution in [2.45, 2.75) is 41.0 Å². The third kappa shape index (κ3) is 2.82. The number of hydrogen-bond acceptors (Lipinski definition) is 3. The topological polar surface area (TPSA) is 37.8 Å². The Balaban J connectivity index is 2.59. The first-order chi connectivity index (χ1) is 9.56. The highest BCUT2D eigenvalue weighted by Crippen LogP contribution is 2.27. The zero-order valence-corrected chi connectivity index (χ0v) is 13.0. The maximum atomic E-state index is 4.72. The summed E-state index contributed by atoms with van der Waals surface area (Å²) < 4.78 is 0. The first-order valence-corrected chi connectivity index (χ1v) is 7.25. The van der Waals surface area contributed by atoms with Crippen LogP contribution in [-0.2, 0) is 6.42 Å². The molecule has 0 aliphatic heterocycles. The van der Waals surface area contributed by atoms with Crippen LogP contribution in [0.4, 0.5) is 5.82 Å². The van der Waals surface area contributed by atoms with Crippen LogP contribution in [0.25, 0.3) is 11.3 Å². The standard InChI is InChI=1S/C17H23N3/c1-6-15-19-16(13(5)17(20-15)18-7-2)14-9-8-11(3)12(4)10-14/h8-10H,6-7H2,1-5H3,(H,18,19,20). The summed E-state index contributed by atoms with van der Waals surface area (Å²) in [6.45, 7) is 11.4. The number of hydrogen-bond donors (Lipinski definition) is 1. The van der Waals surface area contributed by atoms with E-state index in [0.29, 0.717) is 0 Å². The molecule has 0 spiro atoms. The van der Waals surface area contributed by atoms with Gasteiger partial charge in [-0.25, -0.2) is 9.97 Å². The molecule has 0 amide bonds. The molecule has 0 bridgehead atoms. The predicted molar refractivity (Wildman–Crippen MR) is 85.2 cm³/mol. The lowest BCUT2D eigenvalue weighted by molar-refractivity contribution is 0.930. The number of aromatic nitrogens is 2. The number of nitrogens with zero attached hydrogens (tertiary/aromatic N) is 2. The van der Waals surface area contributed by atoms with Gasteiger partial charge in [-0.1, -0.05) is 19.1 Å². The SMILES string of the molecule is CCNc1nc(CC)nc(-c2ccc(C)c(C)c2)c1C. The van der Waals surface area contributed by atoms with E-state index in [0.717, 1.165) is 35.9 Å². The Labute approximate surface area is 121 Å². The number of benzene rings is 1. The molecule has 0 saturated carbocycles.